The highest BCUT2D eigenvalue weighted by molar-refractivity contribution is 7.91. The molecular weight excluding hydrogens is 578 g/mol. The van der Waals surface area contributed by atoms with Crippen LogP contribution in [-0.4, -0.2) is 68.5 Å². The topological polar surface area (TPSA) is 60.4 Å². The molecular formula is C18H20F14O4S. The Balaban J connectivity index is 5.99. The molecule has 0 N–H and O–H groups in total. The Labute approximate surface area is 200 Å². The number of hydrogen-bond acceptors (Lipinski definition) is 4. The highest BCUT2D eigenvalue weighted by atomic mass is 32.2. The molecule has 0 bridgehead atoms. The average molecular weight is 598 g/mol. The van der Waals surface area contributed by atoms with Gasteiger partial charge in [0.25, 0.3) is 11.3 Å². The molecule has 0 amide bonds. The van der Waals surface area contributed by atoms with E-state index < -0.39 is 102 Å². The minimum absolute atomic E-state index is 0.159. The first-order chi connectivity index (χ1) is 16.1. The van der Waals surface area contributed by atoms with Crippen molar-refractivity contribution in [1.29, 1.82) is 0 Å². The number of esters is 1. The van der Waals surface area contributed by atoms with Crippen molar-refractivity contribution in [2.24, 2.45) is 5.92 Å². The van der Waals surface area contributed by atoms with Crippen LogP contribution in [0.4, 0.5) is 61.5 Å². The molecule has 0 aromatic carbocycles. The fourth-order valence-corrected chi connectivity index (χ4v) is 4.08. The minimum atomic E-state index is -6.88. The van der Waals surface area contributed by atoms with Crippen molar-refractivity contribution in [3.8, 4) is 0 Å². The number of sulfone groups is 1. The predicted molar refractivity (Wildman–Crippen MR) is 98.3 cm³/mol. The van der Waals surface area contributed by atoms with Gasteiger partial charge in [-0.2, -0.15) is 52.7 Å². The lowest BCUT2D eigenvalue weighted by Crippen LogP contribution is -2.57. The first-order valence-electron chi connectivity index (χ1n) is 9.79. The molecule has 0 aliphatic rings. The van der Waals surface area contributed by atoms with Crippen LogP contribution in [0.1, 0.15) is 32.6 Å². The third-order valence-electron chi connectivity index (χ3n) is 4.98. The van der Waals surface area contributed by atoms with E-state index in [2.05, 4.69) is 11.3 Å². The predicted octanol–water partition coefficient (Wildman–Crippen LogP) is 6.36. The Morgan fingerprint density at radius 3 is 1.38 bits per heavy atom. The van der Waals surface area contributed by atoms with Crippen LogP contribution < -0.4 is 0 Å². The molecule has 4 nitrogen and oxygen atoms in total. The minimum Gasteiger partial charge on any atom is -0.461 e. The molecule has 0 saturated heterocycles. The van der Waals surface area contributed by atoms with Crippen molar-refractivity contribution >= 4 is 15.8 Å². The second kappa shape index (κ2) is 11.5. The fraction of sp³-hybridized carbons (Fsp3) is 0.833. The molecule has 0 fully saturated rings. The summed E-state index contributed by atoms with van der Waals surface area (Å²) in [5.41, 5.74) is -12.8. The maximum Gasteiger partial charge on any atom is 0.431 e. The summed E-state index contributed by atoms with van der Waals surface area (Å²) in [5, 5.41) is 0. The molecule has 0 aromatic heterocycles. The number of ether oxygens (including phenoxy) is 1. The van der Waals surface area contributed by atoms with Gasteiger partial charge < -0.3 is 4.74 Å². The van der Waals surface area contributed by atoms with E-state index in [9.17, 15) is 74.7 Å². The van der Waals surface area contributed by atoms with Gasteiger partial charge in [0.1, 0.15) is 6.61 Å². The van der Waals surface area contributed by atoms with Gasteiger partial charge in [-0.15, -0.1) is 0 Å². The number of halogens is 14. The van der Waals surface area contributed by atoms with E-state index in [0.717, 1.165) is 0 Å². The van der Waals surface area contributed by atoms with E-state index in [1.54, 1.807) is 0 Å². The lowest BCUT2D eigenvalue weighted by atomic mass is 9.80. The lowest BCUT2D eigenvalue weighted by Gasteiger charge is -2.37. The van der Waals surface area contributed by atoms with Gasteiger partial charge in [0.05, 0.1) is 11.5 Å². The molecule has 0 spiro atoms. The first kappa shape index (κ1) is 35.2. The van der Waals surface area contributed by atoms with Gasteiger partial charge >= 0.3 is 30.7 Å². The van der Waals surface area contributed by atoms with Crippen LogP contribution in [0.15, 0.2) is 12.2 Å². The van der Waals surface area contributed by atoms with Gasteiger partial charge in [-0.25, -0.2) is 22.0 Å². The summed E-state index contributed by atoms with van der Waals surface area (Å²) in [6.45, 7) is 3.51. The number of carbonyl (C=O) groups is 1. The SMILES string of the molecule is C=C(C)C(=O)OCCS(=O)(=O)CCCC(CC(F)(C(F)(F)F)C(F)(F)F)CC(F)(C(F)(F)F)C(F)(F)F. The zero-order valence-electron chi connectivity index (χ0n) is 18.6. The number of carbonyl (C=O) groups excluding carboxylic acids is 1. The van der Waals surface area contributed by atoms with Crippen LogP contribution in [0.2, 0.25) is 0 Å². The standard InChI is InChI=1S/C18H20F14O4S/c1-10(2)12(33)36-5-7-37(34,35)6-3-4-11(8-13(19,15(21,22)23)16(24,25)26)9-14(20,17(27,28)29)18(30,31)32/h11H,1,3-9H2,2H3. The Morgan fingerprint density at radius 1 is 0.730 bits per heavy atom. The maximum absolute atomic E-state index is 14.1. The number of alkyl halides is 14. The molecule has 0 heterocycles. The van der Waals surface area contributed by atoms with Crippen molar-refractivity contribution in [2.45, 2.75) is 68.6 Å². The third-order valence-corrected chi connectivity index (χ3v) is 6.68. The fourth-order valence-electron chi connectivity index (χ4n) is 2.93. The summed E-state index contributed by atoms with van der Waals surface area (Å²) in [4.78, 5) is 11.2. The van der Waals surface area contributed by atoms with Crippen molar-refractivity contribution in [1.82, 2.24) is 0 Å². The molecule has 0 radical (unpaired) electrons. The number of hydrogen-bond donors (Lipinski definition) is 0. The van der Waals surface area contributed by atoms with Crippen LogP contribution in [0.3, 0.4) is 0 Å². The maximum atomic E-state index is 14.1. The normalized spacial score (nSPS) is 14.7. The van der Waals surface area contributed by atoms with Gasteiger partial charge in [-0.1, -0.05) is 6.58 Å². The average Bonchev–Trinajstić information content (AvgIpc) is 2.63. The molecule has 37 heavy (non-hydrogen) atoms. The van der Waals surface area contributed by atoms with E-state index >= 15 is 0 Å². The largest absolute Gasteiger partial charge is 0.461 e. The first-order valence-corrected chi connectivity index (χ1v) is 11.6. The van der Waals surface area contributed by atoms with Gasteiger partial charge in [-0.3, -0.25) is 0 Å². The van der Waals surface area contributed by atoms with E-state index in [1.165, 1.54) is 6.92 Å². The van der Waals surface area contributed by atoms with Crippen LogP contribution in [0.5, 0.6) is 0 Å². The van der Waals surface area contributed by atoms with Crippen LogP contribution in [-0.2, 0) is 19.4 Å². The second-order valence-electron chi connectivity index (χ2n) is 8.08. The summed E-state index contributed by atoms with van der Waals surface area (Å²) in [6.07, 6.45) is -36.5. The summed E-state index contributed by atoms with van der Waals surface area (Å²) in [6, 6.07) is 0. The molecule has 19 heteroatoms. The Bertz CT molecular complexity index is 831. The van der Waals surface area contributed by atoms with E-state index in [-0.39, 0.29) is 5.57 Å². The highest BCUT2D eigenvalue weighted by Crippen LogP contribution is 2.55. The Morgan fingerprint density at radius 2 is 1.08 bits per heavy atom. The van der Waals surface area contributed by atoms with Gasteiger partial charge in [0, 0.05) is 18.4 Å². The van der Waals surface area contributed by atoms with Crippen LogP contribution in [0, 0.1) is 5.92 Å². The van der Waals surface area contributed by atoms with Crippen molar-refractivity contribution in [2.75, 3.05) is 18.1 Å². The molecule has 0 aliphatic heterocycles. The Hall–Kier alpha value is -1.82. The Kier molecular flexibility index (Phi) is 10.9. The second-order valence-corrected chi connectivity index (χ2v) is 10.4. The zero-order valence-corrected chi connectivity index (χ0v) is 19.4. The summed E-state index contributed by atoms with van der Waals surface area (Å²) in [7, 11) is -4.38. The molecule has 0 aromatic rings. The van der Waals surface area contributed by atoms with E-state index in [1.807, 2.05) is 0 Å². The van der Waals surface area contributed by atoms with E-state index in [0.29, 0.717) is 0 Å². The summed E-state index contributed by atoms with van der Waals surface area (Å²) < 4.78 is 211. The highest BCUT2D eigenvalue weighted by Gasteiger charge is 2.75. The van der Waals surface area contributed by atoms with Gasteiger partial charge in [0.15, 0.2) is 9.84 Å². The number of rotatable bonds is 12. The summed E-state index contributed by atoms with van der Waals surface area (Å²) in [5.74, 6) is -6.54. The van der Waals surface area contributed by atoms with Crippen molar-refractivity contribution in [3.63, 3.8) is 0 Å². The van der Waals surface area contributed by atoms with E-state index in [4.69, 9.17) is 0 Å². The monoisotopic (exact) mass is 598 g/mol. The third kappa shape index (κ3) is 9.15. The van der Waals surface area contributed by atoms with Crippen molar-refractivity contribution < 1.29 is 79.4 Å². The van der Waals surface area contributed by atoms with Crippen LogP contribution in [0.25, 0.3) is 0 Å². The van der Waals surface area contributed by atoms with Crippen LogP contribution >= 0.6 is 0 Å². The molecule has 220 valence electrons. The van der Waals surface area contributed by atoms with Gasteiger partial charge in [0.2, 0.25) is 0 Å². The van der Waals surface area contributed by atoms with Crippen molar-refractivity contribution in [3.05, 3.63) is 12.2 Å². The molecule has 0 rings (SSSR count). The quantitative estimate of drug-likeness (QED) is 0.149. The van der Waals surface area contributed by atoms with Gasteiger partial charge in [-0.05, 0) is 25.7 Å². The zero-order chi connectivity index (χ0) is 29.9. The molecule has 0 saturated carbocycles. The molecule has 0 unspecified atom stereocenters. The summed E-state index contributed by atoms with van der Waals surface area (Å²) >= 11 is 0. The smallest absolute Gasteiger partial charge is 0.431 e. The molecule has 0 atom stereocenters. The molecule has 0 aliphatic carbocycles. The lowest BCUT2D eigenvalue weighted by molar-refractivity contribution is -0.356.